The van der Waals surface area contributed by atoms with E-state index in [-0.39, 0.29) is 39.5 Å². The number of carbonyl (C=O) groups excluding carboxylic acids is 2. The first-order valence-corrected chi connectivity index (χ1v) is 12.4. The molecule has 1 heterocycles. The Morgan fingerprint density at radius 3 is 2.55 bits per heavy atom. The van der Waals surface area contributed by atoms with Crippen molar-refractivity contribution in [3.8, 4) is 0 Å². The van der Waals surface area contributed by atoms with E-state index in [1.807, 2.05) is 0 Å². The van der Waals surface area contributed by atoms with Gasteiger partial charge in [-0.25, -0.2) is 23.0 Å². The summed E-state index contributed by atoms with van der Waals surface area (Å²) in [4.78, 5) is 39.4. The molecule has 1 saturated carbocycles. The van der Waals surface area contributed by atoms with E-state index in [9.17, 15) is 22.8 Å². The number of aromatic nitrogens is 1. The van der Waals surface area contributed by atoms with Gasteiger partial charge in [0, 0.05) is 6.04 Å². The third kappa shape index (κ3) is 4.92. The van der Waals surface area contributed by atoms with Crippen LogP contribution >= 0.6 is 22.9 Å². The van der Waals surface area contributed by atoms with Crippen LogP contribution in [0.4, 0.5) is 14.7 Å². The molecule has 33 heavy (non-hydrogen) atoms. The second-order valence-corrected chi connectivity index (χ2v) is 11.0. The standard InChI is InChI=1S/C20H17ClN4O6S2/c21-14-4-2-1-3-13(14)17(26)24-18(27)25-19-23-15-6-5-11(9-16(15)32-19)33(30,31)12-7-10(8-12)22-20(28)29/h1-6,9-10,12,22H,7-8H2,(H,28,29)(H2,23,24,25,26,27). The molecule has 1 aromatic heterocycles. The first kappa shape index (κ1) is 23.0. The number of carboxylic acid groups (broad SMARTS) is 1. The van der Waals surface area contributed by atoms with E-state index in [0.29, 0.717) is 10.2 Å². The van der Waals surface area contributed by atoms with Crippen molar-refractivity contribution in [3.05, 3.63) is 53.1 Å². The lowest BCUT2D eigenvalue weighted by Crippen LogP contribution is -2.49. The highest BCUT2D eigenvalue weighted by molar-refractivity contribution is 7.92. The van der Waals surface area contributed by atoms with Gasteiger partial charge in [-0.1, -0.05) is 35.1 Å². The number of rotatable bonds is 5. The highest BCUT2D eigenvalue weighted by Gasteiger charge is 2.40. The van der Waals surface area contributed by atoms with Crippen LogP contribution in [0.5, 0.6) is 0 Å². The highest BCUT2D eigenvalue weighted by atomic mass is 35.5. The Bertz CT molecular complexity index is 1370. The Balaban J connectivity index is 1.44. The topological polar surface area (TPSA) is 155 Å². The lowest BCUT2D eigenvalue weighted by molar-refractivity contribution is 0.0967. The third-order valence-corrected chi connectivity index (χ3v) is 8.55. The Morgan fingerprint density at radius 1 is 1.12 bits per heavy atom. The molecular weight excluding hydrogens is 492 g/mol. The molecule has 0 aliphatic heterocycles. The number of fused-ring (bicyclic) bond motifs is 1. The summed E-state index contributed by atoms with van der Waals surface area (Å²) in [6.07, 6.45) is -0.761. The number of anilines is 1. The second-order valence-electron chi connectivity index (χ2n) is 7.32. The molecule has 0 atom stereocenters. The molecule has 1 aliphatic carbocycles. The predicted octanol–water partition coefficient (Wildman–Crippen LogP) is 3.48. The molecule has 1 aliphatic rings. The molecule has 172 valence electrons. The number of carbonyl (C=O) groups is 3. The molecule has 10 nitrogen and oxygen atoms in total. The van der Waals surface area contributed by atoms with Crippen molar-refractivity contribution in [1.82, 2.24) is 15.6 Å². The third-order valence-electron chi connectivity index (χ3n) is 5.12. The fraction of sp³-hybridized carbons (Fsp3) is 0.200. The van der Waals surface area contributed by atoms with Gasteiger partial charge < -0.3 is 10.4 Å². The molecule has 0 bridgehead atoms. The average molecular weight is 509 g/mol. The molecule has 4 amide bonds. The quantitative estimate of drug-likeness (QED) is 0.411. The minimum atomic E-state index is -3.64. The van der Waals surface area contributed by atoms with Crippen LogP contribution in [0.25, 0.3) is 10.2 Å². The van der Waals surface area contributed by atoms with Crippen LogP contribution in [0.15, 0.2) is 47.4 Å². The zero-order valence-electron chi connectivity index (χ0n) is 16.7. The number of amides is 4. The number of sulfone groups is 1. The van der Waals surface area contributed by atoms with Crippen LogP contribution in [-0.4, -0.2) is 47.8 Å². The summed E-state index contributed by atoms with van der Waals surface area (Å²) in [6.45, 7) is 0. The maximum absolute atomic E-state index is 12.8. The fourth-order valence-electron chi connectivity index (χ4n) is 3.38. The summed E-state index contributed by atoms with van der Waals surface area (Å²) < 4.78 is 26.2. The summed E-state index contributed by atoms with van der Waals surface area (Å²) >= 11 is 7.01. The van der Waals surface area contributed by atoms with E-state index in [0.717, 1.165) is 11.3 Å². The maximum Gasteiger partial charge on any atom is 0.404 e. The van der Waals surface area contributed by atoms with E-state index < -0.39 is 33.1 Å². The van der Waals surface area contributed by atoms with Gasteiger partial charge in [-0.3, -0.25) is 15.4 Å². The smallest absolute Gasteiger partial charge is 0.404 e. The number of hydrogen-bond acceptors (Lipinski definition) is 7. The second kappa shape index (κ2) is 8.96. The number of halogens is 1. The van der Waals surface area contributed by atoms with Gasteiger partial charge in [0.25, 0.3) is 5.91 Å². The van der Waals surface area contributed by atoms with E-state index >= 15 is 0 Å². The first-order valence-electron chi connectivity index (χ1n) is 9.64. The molecule has 3 aromatic rings. The van der Waals surface area contributed by atoms with Crippen molar-refractivity contribution in [2.24, 2.45) is 0 Å². The van der Waals surface area contributed by atoms with E-state index in [1.165, 1.54) is 30.3 Å². The molecule has 1 fully saturated rings. The Labute approximate surface area is 196 Å². The van der Waals surface area contributed by atoms with Crippen LogP contribution < -0.4 is 16.0 Å². The van der Waals surface area contributed by atoms with Gasteiger partial charge in [-0.05, 0) is 43.2 Å². The zero-order chi connectivity index (χ0) is 23.8. The SMILES string of the molecule is O=C(O)NC1CC(S(=O)(=O)c2ccc3nc(NC(=O)NC(=O)c4ccccc4Cl)sc3c2)C1. The fourth-order valence-corrected chi connectivity index (χ4v) is 6.48. The molecule has 0 spiro atoms. The van der Waals surface area contributed by atoms with E-state index in [2.05, 4.69) is 20.9 Å². The number of urea groups is 1. The van der Waals surface area contributed by atoms with E-state index in [4.69, 9.17) is 16.7 Å². The summed E-state index contributed by atoms with van der Waals surface area (Å²) in [5.41, 5.74) is 0.621. The molecule has 13 heteroatoms. The van der Waals surface area contributed by atoms with Crippen LogP contribution in [0.2, 0.25) is 5.02 Å². The molecule has 2 aromatic carbocycles. The van der Waals surface area contributed by atoms with Gasteiger partial charge >= 0.3 is 12.1 Å². The van der Waals surface area contributed by atoms with Crippen LogP contribution in [0.3, 0.4) is 0 Å². The Hall–Kier alpha value is -3.22. The Kier molecular flexibility index (Phi) is 6.23. The molecule has 4 rings (SSSR count). The van der Waals surface area contributed by atoms with Crippen molar-refractivity contribution in [2.45, 2.75) is 29.0 Å². The van der Waals surface area contributed by atoms with Crippen LogP contribution in [-0.2, 0) is 9.84 Å². The van der Waals surface area contributed by atoms with Gasteiger partial charge in [0.05, 0.1) is 30.9 Å². The average Bonchev–Trinajstić information content (AvgIpc) is 3.11. The lowest BCUT2D eigenvalue weighted by Gasteiger charge is -2.34. The lowest BCUT2D eigenvalue weighted by atomic mass is 9.92. The van der Waals surface area contributed by atoms with Crippen molar-refractivity contribution >= 4 is 66.2 Å². The summed E-state index contributed by atoms with van der Waals surface area (Å²) in [6, 6.07) is 9.53. The van der Waals surface area contributed by atoms with Crippen LogP contribution in [0, 0.1) is 0 Å². The van der Waals surface area contributed by atoms with Gasteiger partial charge in [0.15, 0.2) is 15.0 Å². The largest absolute Gasteiger partial charge is 0.465 e. The number of thiazole rings is 1. The molecule has 0 saturated heterocycles. The summed E-state index contributed by atoms with van der Waals surface area (Å²) in [5.74, 6) is -0.677. The number of nitrogens with zero attached hydrogens (tertiary/aromatic N) is 1. The molecule has 4 N–H and O–H groups in total. The molecule has 0 radical (unpaired) electrons. The monoisotopic (exact) mass is 508 g/mol. The van der Waals surface area contributed by atoms with Crippen molar-refractivity contribution < 1.29 is 27.9 Å². The summed E-state index contributed by atoms with van der Waals surface area (Å²) in [7, 11) is -3.64. The Morgan fingerprint density at radius 2 is 1.85 bits per heavy atom. The van der Waals surface area contributed by atoms with Crippen LogP contribution in [0.1, 0.15) is 23.2 Å². The highest BCUT2D eigenvalue weighted by Crippen LogP contribution is 2.34. The van der Waals surface area contributed by atoms with Gasteiger partial charge in [-0.15, -0.1) is 0 Å². The molecular formula is C20H17ClN4O6S2. The maximum atomic E-state index is 12.8. The minimum absolute atomic E-state index is 0.0994. The van der Waals surface area contributed by atoms with Crippen molar-refractivity contribution in [2.75, 3.05) is 5.32 Å². The number of hydrogen-bond donors (Lipinski definition) is 4. The number of benzene rings is 2. The number of imide groups is 1. The van der Waals surface area contributed by atoms with Gasteiger partial charge in [0.1, 0.15) is 0 Å². The van der Waals surface area contributed by atoms with E-state index in [1.54, 1.807) is 12.1 Å². The molecule has 0 unspecified atom stereocenters. The summed E-state index contributed by atoms with van der Waals surface area (Å²) in [5, 5.41) is 15.3. The van der Waals surface area contributed by atoms with Crippen molar-refractivity contribution in [3.63, 3.8) is 0 Å². The van der Waals surface area contributed by atoms with Crippen molar-refractivity contribution in [1.29, 1.82) is 0 Å². The minimum Gasteiger partial charge on any atom is -0.465 e. The zero-order valence-corrected chi connectivity index (χ0v) is 19.1. The predicted molar refractivity (Wildman–Crippen MR) is 123 cm³/mol. The number of nitrogens with one attached hydrogen (secondary N) is 3. The first-order chi connectivity index (χ1) is 15.6. The normalized spacial score (nSPS) is 17.7. The van der Waals surface area contributed by atoms with Gasteiger partial charge in [0.2, 0.25) is 0 Å². The van der Waals surface area contributed by atoms with Gasteiger partial charge in [-0.2, -0.15) is 0 Å².